The fourth-order valence-electron chi connectivity index (χ4n) is 6.74. The summed E-state index contributed by atoms with van der Waals surface area (Å²) in [5.41, 5.74) is 11.5. The van der Waals surface area contributed by atoms with Gasteiger partial charge in [-0.05, 0) is 48.3 Å². The number of benzene rings is 3. The molecule has 2 N–H and O–H groups in total. The number of aromatic nitrogens is 2. The molecule has 0 atom stereocenters. The lowest BCUT2D eigenvalue weighted by Crippen LogP contribution is -2.44. The molecule has 2 fully saturated rings. The number of pyridine rings is 2. The minimum atomic E-state index is 0.927. The first kappa shape index (κ1) is 28.3. The van der Waals surface area contributed by atoms with Gasteiger partial charge in [0, 0.05) is 80.6 Å². The van der Waals surface area contributed by atoms with Crippen LogP contribution in [0, 0.1) is 0 Å². The van der Waals surface area contributed by atoms with Crippen LogP contribution in [0.2, 0.25) is 0 Å². The maximum Gasteiger partial charge on any atom is 0.0973 e. The maximum absolute atomic E-state index is 5.66. The first-order valence-electron chi connectivity index (χ1n) is 15.8. The average molecular weight is 581 g/mol. The SMILES string of the molecule is CC(=C(c1cc2ccc3cccnc3c2nc1C(=C(C)c1ccccc1)N1CCNCC1)N1CCNCC1)c1ccccc1. The second-order valence-corrected chi connectivity index (χ2v) is 11.8. The van der Waals surface area contributed by atoms with Gasteiger partial charge in [0.15, 0.2) is 0 Å². The van der Waals surface area contributed by atoms with Crippen LogP contribution in [0.4, 0.5) is 0 Å². The molecule has 0 saturated carbocycles. The molecule has 4 heterocycles. The molecule has 0 unspecified atom stereocenters. The molecule has 0 spiro atoms. The van der Waals surface area contributed by atoms with Crippen LogP contribution < -0.4 is 10.6 Å². The van der Waals surface area contributed by atoms with Crippen LogP contribution in [-0.2, 0) is 0 Å². The van der Waals surface area contributed by atoms with E-state index < -0.39 is 0 Å². The van der Waals surface area contributed by atoms with Crippen molar-refractivity contribution >= 4 is 44.3 Å². The van der Waals surface area contributed by atoms with E-state index in [1.165, 1.54) is 39.2 Å². The summed E-state index contributed by atoms with van der Waals surface area (Å²) in [4.78, 5) is 15.6. The maximum atomic E-state index is 5.66. The van der Waals surface area contributed by atoms with Crippen LogP contribution >= 0.6 is 0 Å². The molecule has 7 rings (SSSR count). The molecule has 6 nitrogen and oxygen atoms in total. The molecule has 0 amide bonds. The van der Waals surface area contributed by atoms with Gasteiger partial charge >= 0.3 is 0 Å². The van der Waals surface area contributed by atoms with Crippen LogP contribution in [0.25, 0.3) is 44.3 Å². The van der Waals surface area contributed by atoms with Crippen molar-refractivity contribution in [1.29, 1.82) is 0 Å². The number of hydrogen-bond acceptors (Lipinski definition) is 6. The summed E-state index contributed by atoms with van der Waals surface area (Å²) in [7, 11) is 0. The third-order valence-electron chi connectivity index (χ3n) is 9.03. The first-order chi connectivity index (χ1) is 21.7. The highest BCUT2D eigenvalue weighted by Crippen LogP contribution is 2.39. The number of fused-ring (bicyclic) bond motifs is 3. The van der Waals surface area contributed by atoms with E-state index in [0.717, 1.165) is 79.9 Å². The zero-order chi connectivity index (χ0) is 29.9. The van der Waals surface area contributed by atoms with E-state index in [1.54, 1.807) is 0 Å². The molecular weight excluding hydrogens is 540 g/mol. The fourth-order valence-corrected chi connectivity index (χ4v) is 6.74. The molecule has 0 aliphatic carbocycles. The van der Waals surface area contributed by atoms with Gasteiger partial charge < -0.3 is 20.4 Å². The van der Waals surface area contributed by atoms with Gasteiger partial charge in [-0.1, -0.05) is 78.9 Å². The van der Waals surface area contributed by atoms with Gasteiger partial charge in [0.1, 0.15) is 0 Å². The Morgan fingerprint density at radius 3 is 1.75 bits per heavy atom. The third kappa shape index (κ3) is 5.47. The van der Waals surface area contributed by atoms with Crippen molar-refractivity contribution in [2.45, 2.75) is 13.8 Å². The normalized spacial score (nSPS) is 17.0. The summed E-state index contributed by atoms with van der Waals surface area (Å²) in [6.07, 6.45) is 1.88. The van der Waals surface area contributed by atoms with Gasteiger partial charge in [-0.15, -0.1) is 0 Å². The van der Waals surface area contributed by atoms with E-state index in [9.17, 15) is 0 Å². The summed E-state index contributed by atoms with van der Waals surface area (Å²) < 4.78 is 0. The lowest BCUT2D eigenvalue weighted by atomic mass is 9.93. The molecule has 3 aromatic carbocycles. The van der Waals surface area contributed by atoms with Crippen LogP contribution in [0.15, 0.2) is 97.2 Å². The zero-order valence-electron chi connectivity index (χ0n) is 25.7. The molecule has 6 heteroatoms. The molecular formula is C38H40N6. The lowest BCUT2D eigenvalue weighted by Gasteiger charge is -2.37. The van der Waals surface area contributed by atoms with Crippen molar-refractivity contribution in [2.75, 3.05) is 52.4 Å². The average Bonchev–Trinajstić information content (AvgIpc) is 3.10. The highest BCUT2D eigenvalue weighted by Gasteiger charge is 2.28. The fraction of sp³-hybridized carbons (Fsp3) is 0.263. The molecule has 2 aliphatic heterocycles. The van der Waals surface area contributed by atoms with Crippen molar-refractivity contribution in [1.82, 2.24) is 30.4 Å². The van der Waals surface area contributed by atoms with Crippen LogP contribution in [0.5, 0.6) is 0 Å². The molecule has 222 valence electrons. The quantitative estimate of drug-likeness (QED) is 0.228. The second kappa shape index (κ2) is 12.6. The van der Waals surface area contributed by atoms with Crippen molar-refractivity contribution in [3.05, 3.63) is 120 Å². The van der Waals surface area contributed by atoms with Gasteiger partial charge in [-0.2, -0.15) is 0 Å². The van der Waals surface area contributed by atoms with E-state index in [4.69, 9.17) is 9.97 Å². The summed E-state index contributed by atoms with van der Waals surface area (Å²) in [5.74, 6) is 0. The predicted octanol–water partition coefficient (Wildman–Crippen LogP) is 6.37. The van der Waals surface area contributed by atoms with Crippen LogP contribution in [0.1, 0.15) is 36.2 Å². The number of nitrogens with zero attached hydrogens (tertiary/aromatic N) is 4. The monoisotopic (exact) mass is 580 g/mol. The number of hydrogen-bond donors (Lipinski definition) is 2. The molecule has 44 heavy (non-hydrogen) atoms. The Morgan fingerprint density at radius 1 is 0.591 bits per heavy atom. The smallest absolute Gasteiger partial charge is 0.0973 e. The minimum absolute atomic E-state index is 0.927. The van der Waals surface area contributed by atoms with Gasteiger partial charge in [-0.25, -0.2) is 4.98 Å². The van der Waals surface area contributed by atoms with Crippen molar-refractivity contribution in [2.24, 2.45) is 0 Å². The Balaban J connectivity index is 1.58. The second-order valence-electron chi connectivity index (χ2n) is 11.8. The van der Waals surface area contributed by atoms with Gasteiger partial charge in [0.2, 0.25) is 0 Å². The Bertz CT molecular complexity index is 1830. The molecule has 2 saturated heterocycles. The molecule has 0 bridgehead atoms. The van der Waals surface area contributed by atoms with Gasteiger partial charge in [-0.3, -0.25) is 4.98 Å². The third-order valence-corrected chi connectivity index (χ3v) is 9.03. The standard InChI is InChI=1S/C38H40N6/c1-27(29-10-5-3-6-11-29)37(43-22-18-39-19-23-43)33-26-32-16-15-31-14-9-17-41-34(31)35(32)42-36(33)38(44-24-20-40-21-25-44)28(2)30-12-7-4-8-13-30/h3-17,26,39-40H,18-25H2,1-2H3. The zero-order valence-corrected chi connectivity index (χ0v) is 25.7. The van der Waals surface area contributed by atoms with E-state index >= 15 is 0 Å². The van der Waals surface area contributed by atoms with Crippen LogP contribution in [-0.4, -0.2) is 72.1 Å². The minimum Gasteiger partial charge on any atom is -0.368 e. The van der Waals surface area contributed by atoms with Crippen molar-refractivity contribution in [3.8, 4) is 0 Å². The first-order valence-corrected chi connectivity index (χ1v) is 15.8. The lowest BCUT2D eigenvalue weighted by molar-refractivity contribution is 0.337. The molecule has 5 aromatic rings. The van der Waals surface area contributed by atoms with E-state index in [1.807, 2.05) is 12.3 Å². The van der Waals surface area contributed by atoms with E-state index in [0.29, 0.717) is 0 Å². The summed E-state index contributed by atoms with van der Waals surface area (Å²) in [5, 5.41) is 9.35. The van der Waals surface area contributed by atoms with E-state index in [2.05, 4.69) is 119 Å². The summed E-state index contributed by atoms with van der Waals surface area (Å²) >= 11 is 0. The number of piperazine rings is 2. The Hall–Kier alpha value is -4.52. The topological polar surface area (TPSA) is 56.3 Å². The van der Waals surface area contributed by atoms with Crippen molar-refractivity contribution in [3.63, 3.8) is 0 Å². The van der Waals surface area contributed by atoms with Crippen molar-refractivity contribution < 1.29 is 0 Å². The molecule has 0 radical (unpaired) electrons. The number of allylic oxidation sites excluding steroid dienone is 2. The van der Waals surface area contributed by atoms with Crippen LogP contribution in [0.3, 0.4) is 0 Å². The Morgan fingerprint density at radius 2 is 1.14 bits per heavy atom. The summed E-state index contributed by atoms with van der Waals surface area (Å²) in [6.45, 7) is 12.1. The molecule has 2 aromatic heterocycles. The highest BCUT2D eigenvalue weighted by molar-refractivity contribution is 6.06. The molecule has 2 aliphatic rings. The largest absolute Gasteiger partial charge is 0.368 e. The highest BCUT2D eigenvalue weighted by atomic mass is 15.2. The Labute approximate surface area is 260 Å². The predicted molar refractivity (Wildman–Crippen MR) is 184 cm³/mol. The van der Waals surface area contributed by atoms with Gasteiger partial charge in [0.25, 0.3) is 0 Å². The number of nitrogens with one attached hydrogen (secondary N) is 2. The Kier molecular flexibility index (Phi) is 8.10. The summed E-state index contributed by atoms with van der Waals surface area (Å²) in [6, 6.07) is 32.5. The van der Waals surface area contributed by atoms with Gasteiger partial charge in [0.05, 0.1) is 22.4 Å². The van der Waals surface area contributed by atoms with E-state index in [-0.39, 0.29) is 0 Å². The number of rotatable bonds is 6.